The van der Waals surface area contributed by atoms with E-state index in [1.165, 1.54) is 11.1 Å². The molecule has 0 amide bonds. The summed E-state index contributed by atoms with van der Waals surface area (Å²) in [4.78, 5) is 30.2. The lowest BCUT2D eigenvalue weighted by Crippen LogP contribution is -2.16. The lowest BCUT2D eigenvalue weighted by Gasteiger charge is -2.33. The van der Waals surface area contributed by atoms with Crippen LogP contribution in [0.1, 0.15) is 11.1 Å². The van der Waals surface area contributed by atoms with Gasteiger partial charge in [0.05, 0.1) is 55.7 Å². The zero-order chi connectivity index (χ0) is 49.9. The van der Waals surface area contributed by atoms with Crippen molar-refractivity contribution in [2.45, 2.75) is 6.42 Å². The van der Waals surface area contributed by atoms with Gasteiger partial charge < -0.3 is 32.8 Å². The first kappa shape index (κ1) is 45.0. The molecule has 3 aliphatic rings. The van der Waals surface area contributed by atoms with Crippen LogP contribution >= 0.6 is 31.9 Å². The number of para-hydroxylation sites is 10. The van der Waals surface area contributed by atoms with Crippen molar-refractivity contribution < 1.29 is 23.0 Å². The SMILES string of the molecule is O=c1c2ccc(Br)cc2oc2cc(Br)ccc12.O=c1c2ccc(N3c4ccccc4Oc4ccccc43)cc2oc2cc(N3c4ccccc4Oc4ccccc43)ccc12.c1ccc2c(c1)Cc1ccccc1O2. The van der Waals surface area contributed by atoms with E-state index in [-0.39, 0.29) is 10.9 Å². The lowest BCUT2D eigenvalue weighted by molar-refractivity contribution is 0.460. The maximum absolute atomic E-state index is 13.7. The molecule has 12 aromatic rings. The molecule has 0 saturated heterocycles. The first-order valence-electron chi connectivity index (χ1n) is 23.8. The number of nitrogens with zero attached hydrogens (tertiary/aromatic N) is 2. The minimum absolute atomic E-state index is 0.00116. The van der Waals surface area contributed by atoms with Gasteiger partial charge in [0, 0.05) is 27.5 Å². The van der Waals surface area contributed by atoms with E-state index in [0.29, 0.717) is 43.9 Å². The smallest absolute Gasteiger partial charge is 0.200 e. The third-order valence-electron chi connectivity index (χ3n) is 13.2. The average Bonchev–Trinajstić information content (AvgIpc) is 3.43. The first-order valence-corrected chi connectivity index (χ1v) is 25.4. The Bertz CT molecular complexity index is 3940. The van der Waals surface area contributed by atoms with Crippen molar-refractivity contribution in [2.24, 2.45) is 0 Å². The van der Waals surface area contributed by atoms with Crippen molar-refractivity contribution in [1.82, 2.24) is 0 Å². The highest BCUT2D eigenvalue weighted by Gasteiger charge is 2.28. The summed E-state index contributed by atoms with van der Waals surface area (Å²) in [5, 5.41) is 2.26. The van der Waals surface area contributed by atoms with Crippen LogP contribution in [0.15, 0.2) is 246 Å². The molecule has 3 aliphatic heterocycles. The van der Waals surface area contributed by atoms with Gasteiger partial charge in [0.1, 0.15) is 33.8 Å². The van der Waals surface area contributed by atoms with E-state index in [4.69, 9.17) is 23.0 Å². The Balaban J connectivity index is 0.000000138. The van der Waals surface area contributed by atoms with Crippen LogP contribution in [0, 0.1) is 0 Å². The molecule has 0 saturated carbocycles. The summed E-state index contributed by atoms with van der Waals surface area (Å²) in [6.07, 6.45) is 0.979. The van der Waals surface area contributed by atoms with Gasteiger partial charge in [0.2, 0.25) is 10.9 Å². The van der Waals surface area contributed by atoms with Crippen molar-refractivity contribution in [3.8, 4) is 34.5 Å². The molecule has 356 valence electrons. The normalized spacial score (nSPS) is 12.5. The predicted molar refractivity (Wildman–Crippen MR) is 301 cm³/mol. The largest absolute Gasteiger partial charge is 0.457 e. The van der Waals surface area contributed by atoms with Crippen molar-refractivity contribution in [3.05, 3.63) is 259 Å². The molecule has 0 radical (unpaired) electrons. The zero-order valence-corrected chi connectivity index (χ0v) is 42.2. The summed E-state index contributed by atoms with van der Waals surface area (Å²) >= 11 is 6.73. The molecule has 0 unspecified atom stereocenters. The highest BCUT2D eigenvalue weighted by molar-refractivity contribution is 9.10. The fraction of sp³-hybridized carbons (Fsp3) is 0.0159. The summed E-state index contributed by atoms with van der Waals surface area (Å²) in [5.41, 5.74) is 10.1. The molecule has 15 rings (SSSR count). The van der Waals surface area contributed by atoms with E-state index in [0.717, 1.165) is 84.0 Å². The monoisotopic (exact) mass is 1090 g/mol. The Morgan fingerprint density at radius 1 is 0.324 bits per heavy atom. The second-order valence-corrected chi connectivity index (χ2v) is 19.6. The lowest BCUT2D eigenvalue weighted by atomic mass is 10.0. The molecule has 2 aromatic heterocycles. The van der Waals surface area contributed by atoms with Crippen molar-refractivity contribution in [3.63, 3.8) is 0 Å². The van der Waals surface area contributed by atoms with Crippen LogP contribution in [0.4, 0.5) is 34.1 Å². The fourth-order valence-electron chi connectivity index (χ4n) is 9.70. The highest BCUT2D eigenvalue weighted by Crippen LogP contribution is 2.52. The minimum Gasteiger partial charge on any atom is -0.457 e. The number of anilines is 6. The van der Waals surface area contributed by atoms with Gasteiger partial charge in [-0.25, -0.2) is 0 Å². The maximum atomic E-state index is 13.7. The van der Waals surface area contributed by atoms with Crippen molar-refractivity contribution in [2.75, 3.05) is 9.80 Å². The number of ether oxygens (including phenoxy) is 3. The van der Waals surface area contributed by atoms with Gasteiger partial charge in [-0.1, -0.05) is 117 Å². The second kappa shape index (κ2) is 18.6. The van der Waals surface area contributed by atoms with Crippen LogP contribution in [0.2, 0.25) is 0 Å². The molecule has 0 aliphatic carbocycles. The van der Waals surface area contributed by atoms with Crippen LogP contribution < -0.4 is 34.9 Å². The standard InChI is InChI=1S/C37H22N2O4.C13H6Br2O2.C13H10O/c40-37-25-19-17-23(38-27-9-1-5-13-31(27)41-32-14-6-2-10-28(32)38)21-35(25)43-36-22-24(18-20-26(36)37)39-29-11-3-7-15-33(29)42-34-16-8-4-12-30(34)39;14-7-1-3-9-11(5-7)17-12-6-8(15)2-4-10(12)13(9)16;1-3-7-12-10(5-1)9-11-6-2-4-8-13(11)14-12/h1-22H;1-6H;1-8H,9H2. The zero-order valence-electron chi connectivity index (χ0n) is 39.0. The topological polar surface area (TPSA) is 94.6 Å². The van der Waals surface area contributed by atoms with Crippen LogP contribution in [-0.4, -0.2) is 0 Å². The highest BCUT2D eigenvalue weighted by atomic mass is 79.9. The van der Waals surface area contributed by atoms with Crippen molar-refractivity contribution >= 4 is 110 Å². The molecule has 5 heterocycles. The van der Waals surface area contributed by atoms with Gasteiger partial charge in [-0.3, -0.25) is 9.59 Å². The summed E-state index contributed by atoms with van der Waals surface area (Å²) in [6.45, 7) is 0. The van der Waals surface area contributed by atoms with Gasteiger partial charge in [-0.15, -0.1) is 0 Å². The minimum atomic E-state index is -0.0695. The molecule has 0 spiro atoms. The molecule has 10 aromatic carbocycles. The van der Waals surface area contributed by atoms with E-state index >= 15 is 0 Å². The van der Waals surface area contributed by atoms with Gasteiger partial charge in [0.25, 0.3) is 0 Å². The van der Waals surface area contributed by atoms with Crippen molar-refractivity contribution in [1.29, 1.82) is 0 Å². The molecular weight excluding hydrogens is 1060 g/mol. The second-order valence-electron chi connectivity index (χ2n) is 17.7. The van der Waals surface area contributed by atoms with E-state index in [1.807, 2.05) is 170 Å². The molecule has 74 heavy (non-hydrogen) atoms. The molecule has 0 atom stereocenters. The Labute approximate surface area is 439 Å². The Morgan fingerprint density at radius 2 is 0.622 bits per heavy atom. The third-order valence-corrected chi connectivity index (χ3v) is 14.1. The number of halogens is 2. The van der Waals surface area contributed by atoms with Crippen LogP contribution in [0.3, 0.4) is 0 Å². The summed E-state index contributed by atoms with van der Waals surface area (Å²) < 4.78 is 32.2. The quantitative estimate of drug-likeness (QED) is 0.157. The third kappa shape index (κ3) is 8.12. The fourth-order valence-corrected chi connectivity index (χ4v) is 10.4. The van der Waals surface area contributed by atoms with Gasteiger partial charge in [-0.2, -0.15) is 0 Å². The Hall–Kier alpha value is -8.90. The summed E-state index contributed by atoms with van der Waals surface area (Å²) in [5.74, 6) is 5.03. The molecular formula is C63H38Br2N2O7. The Morgan fingerprint density at radius 3 is 1.00 bits per heavy atom. The average molecular weight is 1090 g/mol. The van der Waals surface area contributed by atoms with E-state index in [9.17, 15) is 9.59 Å². The van der Waals surface area contributed by atoms with E-state index in [2.05, 4.69) is 65.9 Å². The van der Waals surface area contributed by atoms with E-state index in [1.54, 1.807) is 24.3 Å². The predicted octanol–water partition coefficient (Wildman–Crippen LogP) is 18.0. The van der Waals surface area contributed by atoms with Gasteiger partial charge in [0.15, 0.2) is 23.0 Å². The molecule has 0 N–H and O–H groups in total. The van der Waals surface area contributed by atoms with E-state index < -0.39 is 0 Å². The van der Waals surface area contributed by atoms with Crippen LogP contribution in [0.5, 0.6) is 34.5 Å². The van der Waals surface area contributed by atoms with Gasteiger partial charge >= 0.3 is 0 Å². The summed E-state index contributed by atoms with van der Waals surface area (Å²) in [7, 11) is 0. The van der Waals surface area contributed by atoms with Crippen LogP contribution in [-0.2, 0) is 6.42 Å². The Kier molecular flexibility index (Phi) is 11.3. The molecule has 0 fully saturated rings. The first-order chi connectivity index (χ1) is 36.3. The number of rotatable bonds is 2. The number of fused-ring (bicyclic) bond motifs is 10. The number of hydrogen-bond donors (Lipinski definition) is 0. The molecule has 11 heteroatoms. The van der Waals surface area contributed by atoms with Crippen LogP contribution in [0.25, 0.3) is 43.9 Å². The summed E-state index contributed by atoms with van der Waals surface area (Å²) in [6, 6.07) is 70.4. The maximum Gasteiger partial charge on any atom is 0.200 e. The molecule has 9 nitrogen and oxygen atoms in total. The number of benzene rings is 10. The number of hydrogen-bond acceptors (Lipinski definition) is 9. The molecule has 0 bridgehead atoms. The van der Waals surface area contributed by atoms with Gasteiger partial charge in [-0.05, 0) is 132 Å².